The molecule has 1 atom stereocenters. The van der Waals surface area contributed by atoms with Gasteiger partial charge in [-0.15, -0.1) is 10.1 Å². The summed E-state index contributed by atoms with van der Waals surface area (Å²) in [4.78, 5) is 25.5. The molecule has 0 fully saturated rings. The summed E-state index contributed by atoms with van der Waals surface area (Å²) in [6.45, 7) is 1.39. The molecule has 0 amide bonds. The Morgan fingerprint density at radius 3 is 2.67 bits per heavy atom. The molecule has 1 heterocycles. The first-order valence-corrected chi connectivity index (χ1v) is 5.30. The lowest BCUT2D eigenvalue weighted by atomic mass is 10.2. The molecular formula is C7H5Br2NO5. The third kappa shape index (κ3) is 3.03. The van der Waals surface area contributed by atoms with Gasteiger partial charge in [-0.2, -0.15) is 0 Å². The first-order chi connectivity index (χ1) is 6.91. The van der Waals surface area contributed by atoms with Crippen LogP contribution in [0.3, 0.4) is 0 Å². The van der Waals surface area contributed by atoms with E-state index >= 15 is 0 Å². The van der Waals surface area contributed by atoms with Crippen LogP contribution in [0.15, 0.2) is 20.8 Å². The van der Waals surface area contributed by atoms with Crippen molar-refractivity contribution >= 4 is 37.8 Å². The number of halogens is 2. The SMILES string of the molecule is CC(O[N+](=O)[O-])C1=CC(=C(Br)Br)OC1=O. The highest BCUT2D eigenvalue weighted by molar-refractivity contribution is 9.28. The predicted octanol–water partition coefficient (Wildman–Crippen LogP) is 2.03. The number of hydrogen-bond acceptors (Lipinski definition) is 5. The van der Waals surface area contributed by atoms with Crippen molar-refractivity contribution in [2.75, 3.05) is 0 Å². The van der Waals surface area contributed by atoms with E-state index in [1.54, 1.807) is 0 Å². The topological polar surface area (TPSA) is 78.7 Å². The Bertz CT molecular complexity index is 372. The predicted molar refractivity (Wildman–Crippen MR) is 56.6 cm³/mol. The number of nitrogens with zero attached hydrogens (tertiary/aromatic N) is 1. The summed E-state index contributed by atoms with van der Waals surface area (Å²) < 4.78 is 5.24. The Morgan fingerprint density at radius 1 is 1.67 bits per heavy atom. The molecule has 0 N–H and O–H groups in total. The minimum absolute atomic E-state index is 0.0955. The van der Waals surface area contributed by atoms with Gasteiger partial charge < -0.3 is 9.57 Å². The normalized spacial score (nSPS) is 16.9. The van der Waals surface area contributed by atoms with Crippen molar-refractivity contribution in [3.05, 3.63) is 30.9 Å². The van der Waals surface area contributed by atoms with E-state index in [9.17, 15) is 14.9 Å². The van der Waals surface area contributed by atoms with Gasteiger partial charge in [0.05, 0.1) is 5.57 Å². The van der Waals surface area contributed by atoms with Crippen LogP contribution >= 0.6 is 31.9 Å². The number of carbonyl (C=O) groups excluding carboxylic acids is 1. The fraction of sp³-hybridized carbons (Fsp3) is 0.286. The highest BCUT2D eigenvalue weighted by Crippen LogP contribution is 2.29. The quantitative estimate of drug-likeness (QED) is 0.445. The third-order valence-electron chi connectivity index (χ3n) is 1.59. The van der Waals surface area contributed by atoms with Gasteiger partial charge in [0.1, 0.15) is 9.50 Å². The standard InChI is InChI=1S/C7H5Br2NO5/c1-3(15-10(12)13)4-2-5(6(8)9)14-7(4)11/h2-3H,1H3. The van der Waals surface area contributed by atoms with E-state index in [2.05, 4.69) is 36.7 Å². The molecule has 0 aromatic heterocycles. The molecule has 6 nitrogen and oxygen atoms in total. The smallest absolute Gasteiger partial charge is 0.341 e. The van der Waals surface area contributed by atoms with E-state index in [-0.39, 0.29) is 11.3 Å². The van der Waals surface area contributed by atoms with Crippen LogP contribution < -0.4 is 0 Å². The van der Waals surface area contributed by atoms with Gasteiger partial charge >= 0.3 is 5.97 Å². The second kappa shape index (κ2) is 4.75. The van der Waals surface area contributed by atoms with Crippen LogP contribution in [0.2, 0.25) is 0 Å². The summed E-state index contributed by atoms with van der Waals surface area (Å²) in [5.74, 6) is -0.399. The van der Waals surface area contributed by atoms with Gasteiger partial charge in [0.15, 0.2) is 5.76 Å². The van der Waals surface area contributed by atoms with Crippen molar-refractivity contribution in [1.29, 1.82) is 0 Å². The van der Waals surface area contributed by atoms with Gasteiger partial charge in [-0.05, 0) is 44.9 Å². The van der Waals surface area contributed by atoms with E-state index in [4.69, 9.17) is 4.74 Å². The largest absolute Gasteiger partial charge is 0.421 e. The molecule has 0 aromatic rings. The summed E-state index contributed by atoms with van der Waals surface area (Å²) in [5, 5.41) is 9.11. The minimum Gasteiger partial charge on any atom is -0.421 e. The average molecular weight is 343 g/mol. The Hall–Kier alpha value is -0.890. The van der Waals surface area contributed by atoms with Gasteiger partial charge in [0.2, 0.25) is 0 Å². The Labute approximate surface area is 101 Å². The molecule has 1 rings (SSSR count). The highest BCUT2D eigenvalue weighted by atomic mass is 79.9. The monoisotopic (exact) mass is 341 g/mol. The van der Waals surface area contributed by atoms with Crippen LogP contribution in [0.25, 0.3) is 0 Å². The van der Waals surface area contributed by atoms with Crippen LogP contribution in [0.5, 0.6) is 0 Å². The van der Waals surface area contributed by atoms with Crippen molar-refractivity contribution in [2.45, 2.75) is 13.0 Å². The van der Waals surface area contributed by atoms with E-state index in [0.29, 0.717) is 3.39 Å². The van der Waals surface area contributed by atoms with Gasteiger partial charge in [-0.1, -0.05) is 0 Å². The van der Waals surface area contributed by atoms with Crippen LogP contribution in [0.4, 0.5) is 0 Å². The summed E-state index contributed by atoms with van der Waals surface area (Å²) >= 11 is 6.11. The molecule has 0 aromatic carbocycles. The van der Waals surface area contributed by atoms with Crippen molar-refractivity contribution in [3.8, 4) is 0 Å². The zero-order valence-corrected chi connectivity index (χ0v) is 10.6. The molecule has 82 valence electrons. The number of esters is 1. The second-order valence-electron chi connectivity index (χ2n) is 2.59. The number of allylic oxidation sites excluding steroid dienone is 1. The van der Waals surface area contributed by atoms with Crippen LogP contribution in [0, 0.1) is 10.1 Å². The van der Waals surface area contributed by atoms with Crippen LogP contribution in [-0.4, -0.2) is 17.2 Å². The fourth-order valence-electron chi connectivity index (χ4n) is 0.951. The molecule has 1 unspecified atom stereocenters. The molecule has 1 aliphatic heterocycles. The first-order valence-electron chi connectivity index (χ1n) is 3.72. The molecule has 0 saturated carbocycles. The maximum absolute atomic E-state index is 11.2. The Morgan fingerprint density at radius 2 is 2.27 bits per heavy atom. The van der Waals surface area contributed by atoms with Gasteiger partial charge in [0, 0.05) is 0 Å². The molecule has 0 bridgehead atoms. The van der Waals surface area contributed by atoms with E-state index in [1.807, 2.05) is 0 Å². The zero-order chi connectivity index (χ0) is 11.6. The van der Waals surface area contributed by atoms with Crippen LogP contribution in [-0.2, 0) is 14.4 Å². The lowest BCUT2D eigenvalue weighted by molar-refractivity contribution is -0.764. The Balaban J connectivity index is 2.87. The lowest BCUT2D eigenvalue weighted by Crippen LogP contribution is -2.19. The van der Waals surface area contributed by atoms with Gasteiger partial charge in [0.25, 0.3) is 5.09 Å². The number of hydrogen-bond donors (Lipinski definition) is 0. The lowest BCUT2D eigenvalue weighted by Gasteiger charge is -2.06. The molecule has 1 aliphatic rings. The fourth-order valence-corrected chi connectivity index (χ4v) is 1.34. The average Bonchev–Trinajstić information content (AvgIpc) is 2.46. The maximum atomic E-state index is 11.2. The van der Waals surface area contributed by atoms with Gasteiger partial charge in [-0.25, -0.2) is 4.79 Å². The third-order valence-corrected chi connectivity index (χ3v) is 2.37. The maximum Gasteiger partial charge on any atom is 0.341 e. The van der Waals surface area contributed by atoms with E-state index in [1.165, 1.54) is 13.0 Å². The molecule has 8 heteroatoms. The second-order valence-corrected chi connectivity index (χ2v) is 5.24. The summed E-state index contributed by atoms with van der Waals surface area (Å²) in [6.07, 6.45) is 0.416. The summed E-state index contributed by atoms with van der Waals surface area (Å²) in [6, 6.07) is 0. The van der Waals surface area contributed by atoms with Crippen molar-refractivity contribution in [2.24, 2.45) is 0 Å². The molecular weight excluding hydrogens is 338 g/mol. The van der Waals surface area contributed by atoms with Crippen molar-refractivity contribution in [1.82, 2.24) is 0 Å². The van der Waals surface area contributed by atoms with E-state index in [0.717, 1.165) is 0 Å². The van der Waals surface area contributed by atoms with Crippen LogP contribution in [0.1, 0.15) is 6.92 Å². The molecule has 15 heavy (non-hydrogen) atoms. The van der Waals surface area contributed by atoms with Crippen molar-refractivity contribution < 1.29 is 19.5 Å². The number of carbonyl (C=O) groups is 1. The molecule has 0 radical (unpaired) electrons. The minimum atomic E-state index is -0.955. The summed E-state index contributed by atoms with van der Waals surface area (Å²) in [5.41, 5.74) is 0.0955. The number of cyclic esters (lactones) is 1. The Kier molecular flexibility index (Phi) is 3.86. The molecule has 0 spiro atoms. The van der Waals surface area contributed by atoms with Crippen molar-refractivity contribution in [3.63, 3.8) is 0 Å². The van der Waals surface area contributed by atoms with Gasteiger partial charge in [-0.3, -0.25) is 0 Å². The summed E-state index contributed by atoms with van der Waals surface area (Å²) in [7, 11) is 0. The van der Waals surface area contributed by atoms with E-state index < -0.39 is 17.2 Å². The molecule has 0 aliphatic carbocycles. The number of rotatable bonds is 3. The zero-order valence-electron chi connectivity index (χ0n) is 7.40. The first kappa shape index (κ1) is 12.2. The molecule has 0 saturated heterocycles. The number of ether oxygens (including phenoxy) is 1. The highest BCUT2D eigenvalue weighted by Gasteiger charge is 2.29.